The molecular weight excluding hydrogens is 369 g/mol. The largest absolute Gasteiger partial charge is 0.489 e. The van der Waals surface area contributed by atoms with Gasteiger partial charge in [0, 0.05) is 44.8 Å². The van der Waals surface area contributed by atoms with Gasteiger partial charge in [0.25, 0.3) is 0 Å². The van der Waals surface area contributed by atoms with Crippen LogP contribution in [0.5, 0.6) is 5.75 Å². The average Bonchev–Trinajstić information content (AvgIpc) is 2.85. The lowest BCUT2D eigenvalue weighted by Crippen LogP contribution is -2.51. The van der Waals surface area contributed by atoms with Crippen LogP contribution in [0.1, 0.15) is 18.1 Å². The molecule has 1 atom stereocenters. The summed E-state index contributed by atoms with van der Waals surface area (Å²) in [5.74, 6) is 0.831. The van der Waals surface area contributed by atoms with Crippen LogP contribution in [0, 0.1) is 12.7 Å². The lowest BCUT2D eigenvalue weighted by Gasteiger charge is -2.37. The summed E-state index contributed by atoms with van der Waals surface area (Å²) in [6.45, 7) is 8.43. The standard InChI is InChI=1S/C23H28FN3O2/c1-17-7-8-22-19(13-17)15-25(14-18(2)29-22)16-23(28)27-11-9-26(10-12-27)21-6-4-3-5-20(21)24/h3-8,13,18H,9-12,14-16H2,1-2H3. The number of carbonyl (C=O) groups is 1. The van der Waals surface area contributed by atoms with E-state index in [0.29, 0.717) is 51.5 Å². The number of halogens is 1. The van der Waals surface area contributed by atoms with Gasteiger partial charge in [-0.05, 0) is 32.0 Å². The maximum absolute atomic E-state index is 14.0. The third kappa shape index (κ3) is 4.53. The fraction of sp³-hybridized carbons (Fsp3) is 0.435. The van der Waals surface area contributed by atoms with Gasteiger partial charge in [0.15, 0.2) is 0 Å². The number of amides is 1. The van der Waals surface area contributed by atoms with Crippen molar-refractivity contribution >= 4 is 11.6 Å². The first-order valence-electron chi connectivity index (χ1n) is 10.3. The van der Waals surface area contributed by atoms with Gasteiger partial charge >= 0.3 is 0 Å². The van der Waals surface area contributed by atoms with Crippen molar-refractivity contribution in [3.63, 3.8) is 0 Å². The molecule has 1 unspecified atom stereocenters. The summed E-state index contributed by atoms with van der Waals surface area (Å²) in [6.07, 6.45) is 0.0321. The Hall–Kier alpha value is -2.60. The Morgan fingerprint density at radius 1 is 1.14 bits per heavy atom. The molecule has 0 radical (unpaired) electrons. The van der Waals surface area contributed by atoms with Crippen LogP contribution in [0.3, 0.4) is 0 Å². The van der Waals surface area contributed by atoms with Crippen LogP contribution in [0.2, 0.25) is 0 Å². The van der Waals surface area contributed by atoms with Crippen LogP contribution in [0.15, 0.2) is 42.5 Å². The molecule has 29 heavy (non-hydrogen) atoms. The molecule has 2 aromatic carbocycles. The van der Waals surface area contributed by atoms with Crippen molar-refractivity contribution in [3.8, 4) is 5.75 Å². The first-order valence-corrected chi connectivity index (χ1v) is 10.3. The van der Waals surface area contributed by atoms with Crippen molar-refractivity contribution in [1.82, 2.24) is 9.80 Å². The Balaban J connectivity index is 1.37. The number of aryl methyl sites for hydroxylation is 1. The summed E-state index contributed by atoms with van der Waals surface area (Å²) >= 11 is 0. The number of nitrogens with zero attached hydrogens (tertiary/aromatic N) is 3. The van der Waals surface area contributed by atoms with Gasteiger partial charge in [-0.3, -0.25) is 9.69 Å². The van der Waals surface area contributed by atoms with Crippen molar-refractivity contribution in [1.29, 1.82) is 0 Å². The van der Waals surface area contributed by atoms with Crippen LogP contribution in [-0.4, -0.2) is 61.1 Å². The summed E-state index contributed by atoms with van der Waals surface area (Å²) in [6, 6.07) is 13.0. The zero-order valence-electron chi connectivity index (χ0n) is 17.1. The minimum atomic E-state index is -0.209. The molecule has 0 saturated carbocycles. The number of carbonyl (C=O) groups excluding carboxylic acids is 1. The Bertz CT molecular complexity index is 880. The predicted octanol–water partition coefficient (Wildman–Crippen LogP) is 3.07. The highest BCUT2D eigenvalue weighted by Crippen LogP contribution is 2.26. The van der Waals surface area contributed by atoms with Crippen LogP contribution in [0.4, 0.5) is 10.1 Å². The lowest BCUT2D eigenvalue weighted by molar-refractivity contribution is -0.133. The van der Waals surface area contributed by atoms with Gasteiger partial charge in [-0.2, -0.15) is 0 Å². The summed E-state index contributed by atoms with van der Waals surface area (Å²) < 4.78 is 20.1. The first kappa shape index (κ1) is 19.7. The molecule has 4 rings (SSSR count). The van der Waals surface area contributed by atoms with E-state index >= 15 is 0 Å². The van der Waals surface area contributed by atoms with E-state index in [9.17, 15) is 9.18 Å². The van der Waals surface area contributed by atoms with E-state index in [1.807, 2.05) is 28.9 Å². The third-order valence-corrected chi connectivity index (χ3v) is 5.64. The average molecular weight is 397 g/mol. The van der Waals surface area contributed by atoms with Crippen molar-refractivity contribution in [3.05, 3.63) is 59.4 Å². The first-order chi connectivity index (χ1) is 14.0. The summed E-state index contributed by atoms with van der Waals surface area (Å²) in [7, 11) is 0. The maximum atomic E-state index is 14.0. The van der Waals surface area contributed by atoms with Gasteiger partial charge in [0.05, 0.1) is 12.2 Å². The maximum Gasteiger partial charge on any atom is 0.236 e. The van der Waals surface area contributed by atoms with Crippen LogP contribution in [-0.2, 0) is 11.3 Å². The number of anilines is 1. The van der Waals surface area contributed by atoms with E-state index in [2.05, 4.69) is 24.0 Å². The lowest BCUT2D eigenvalue weighted by atomic mass is 10.1. The highest BCUT2D eigenvalue weighted by atomic mass is 19.1. The smallest absolute Gasteiger partial charge is 0.236 e. The molecule has 2 aliphatic rings. The highest BCUT2D eigenvalue weighted by Gasteiger charge is 2.26. The van der Waals surface area contributed by atoms with Gasteiger partial charge in [-0.15, -0.1) is 0 Å². The molecule has 1 saturated heterocycles. The zero-order valence-corrected chi connectivity index (χ0v) is 17.1. The Morgan fingerprint density at radius 3 is 2.66 bits per heavy atom. The molecular formula is C23H28FN3O2. The number of hydrogen-bond donors (Lipinski definition) is 0. The molecule has 2 heterocycles. The van der Waals surface area contributed by atoms with E-state index in [0.717, 1.165) is 11.3 Å². The van der Waals surface area contributed by atoms with E-state index < -0.39 is 0 Å². The van der Waals surface area contributed by atoms with Crippen molar-refractivity contribution in [2.75, 3.05) is 44.2 Å². The number of hydrogen-bond acceptors (Lipinski definition) is 4. The number of fused-ring (bicyclic) bond motifs is 1. The number of ether oxygens (including phenoxy) is 1. The Kier molecular flexibility index (Phi) is 5.72. The molecule has 1 amide bonds. The van der Waals surface area contributed by atoms with E-state index in [-0.39, 0.29) is 17.8 Å². The second-order valence-corrected chi connectivity index (χ2v) is 8.03. The molecule has 2 aliphatic heterocycles. The minimum absolute atomic E-state index is 0.0321. The van der Waals surface area contributed by atoms with Crippen molar-refractivity contribution < 1.29 is 13.9 Å². The number of para-hydroxylation sites is 1. The summed E-state index contributed by atoms with van der Waals surface area (Å²) in [5.41, 5.74) is 2.94. The second-order valence-electron chi connectivity index (χ2n) is 8.03. The normalized spacial score (nSPS) is 20.0. The molecule has 0 bridgehead atoms. The fourth-order valence-corrected chi connectivity index (χ4v) is 4.19. The molecule has 0 aliphatic carbocycles. The SMILES string of the molecule is Cc1ccc2c(c1)CN(CC(=O)N1CCN(c3ccccc3F)CC1)CC(C)O2. The molecule has 5 nitrogen and oxygen atoms in total. The topological polar surface area (TPSA) is 36.0 Å². The molecule has 6 heteroatoms. The van der Waals surface area contributed by atoms with Gasteiger partial charge < -0.3 is 14.5 Å². The fourth-order valence-electron chi connectivity index (χ4n) is 4.19. The second kappa shape index (κ2) is 8.41. The quantitative estimate of drug-likeness (QED) is 0.798. The molecule has 154 valence electrons. The summed E-state index contributed by atoms with van der Waals surface area (Å²) in [4.78, 5) is 19.0. The van der Waals surface area contributed by atoms with E-state index in [1.165, 1.54) is 11.6 Å². The number of piperazine rings is 1. The Labute approximate surface area is 171 Å². The predicted molar refractivity (Wildman–Crippen MR) is 112 cm³/mol. The molecule has 1 fully saturated rings. The van der Waals surface area contributed by atoms with E-state index in [4.69, 9.17) is 4.74 Å². The van der Waals surface area contributed by atoms with Gasteiger partial charge in [-0.25, -0.2) is 4.39 Å². The number of benzene rings is 2. The van der Waals surface area contributed by atoms with Crippen LogP contribution < -0.4 is 9.64 Å². The minimum Gasteiger partial charge on any atom is -0.489 e. The van der Waals surface area contributed by atoms with Crippen LogP contribution >= 0.6 is 0 Å². The zero-order chi connectivity index (χ0) is 20.4. The van der Waals surface area contributed by atoms with Gasteiger partial charge in [0.1, 0.15) is 17.7 Å². The molecule has 0 N–H and O–H groups in total. The van der Waals surface area contributed by atoms with Crippen LogP contribution in [0.25, 0.3) is 0 Å². The Morgan fingerprint density at radius 2 is 1.90 bits per heavy atom. The molecule has 2 aromatic rings. The van der Waals surface area contributed by atoms with Gasteiger partial charge in [-0.1, -0.05) is 29.8 Å². The molecule has 0 aromatic heterocycles. The highest BCUT2D eigenvalue weighted by molar-refractivity contribution is 5.78. The monoisotopic (exact) mass is 397 g/mol. The third-order valence-electron chi connectivity index (χ3n) is 5.64. The molecule has 0 spiro atoms. The summed E-state index contributed by atoms with van der Waals surface area (Å²) in [5, 5.41) is 0. The van der Waals surface area contributed by atoms with E-state index in [1.54, 1.807) is 12.1 Å². The van der Waals surface area contributed by atoms with Crippen molar-refractivity contribution in [2.45, 2.75) is 26.5 Å². The van der Waals surface area contributed by atoms with Crippen molar-refractivity contribution in [2.24, 2.45) is 0 Å². The number of rotatable bonds is 3. The van der Waals surface area contributed by atoms with Gasteiger partial charge in [0.2, 0.25) is 5.91 Å².